The Hall–Kier alpha value is -4.57. The molecule has 1 aromatic heterocycles. The van der Waals surface area contributed by atoms with Crippen LogP contribution in [-0.2, 0) is 4.79 Å². The van der Waals surface area contributed by atoms with Crippen molar-refractivity contribution < 1.29 is 19.4 Å². The molecular weight excluding hydrogens is 508 g/mol. The number of amidine groups is 1. The molecule has 2 aromatic carbocycles. The van der Waals surface area contributed by atoms with Gasteiger partial charge in [0.2, 0.25) is 0 Å². The van der Waals surface area contributed by atoms with E-state index in [4.69, 9.17) is 19.6 Å². The van der Waals surface area contributed by atoms with Crippen LogP contribution in [0.15, 0.2) is 84.1 Å². The van der Waals surface area contributed by atoms with Crippen LogP contribution >= 0.6 is 0 Å². The fourth-order valence-corrected chi connectivity index (χ4v) is 4.71. The van der Waals surface area contributed by atoms with Crippen molar-refractivity contribution in [2.24, 2.45) is 4.99 Å². The first-order valence-corrected chi connectivity index (χ1v) is 13.5. The van der Waals surface area contributed by atoms with Gasteiger partial charge < -0.3 is 30.2 Å². The van der Waals surface area contributed by atoms with E-state index in [9.17, 15) is 4.79 Å². The fourth-order valence-electron chi connectivity index (χ4n) is 4.71. The number of nitrogens with zero attached hydrogens (tertiary/aromatic N) is 4. The number of pyridine rings is 1. The molecule has 1 atom stereocenters. The van der Waals surface area contributed by atoms with Crippen LogP contribution in [0.1, 0.15) is 19.8 Å². The fraction of sp³-hybridized carbons (Fsp3) is 0.300. The predicted octanol–water partition coefficient (Wildman–Crippen LogP) is 4.70. The van der Waals surface area contributed by atoms with E-state index in [1.54, 1.807) is 6.20 Å². The summed E-state index contributed by atoms with van der Waals surface area (Å²) in [6.07, 6.45) is 5.86. The molecule has 1 unspecified atom stereocenters. The molecule has 0 amide bonds. The SMILES string of the molecule is CCOc1ccccc1OC1CCCN(N2C=CN=C(Nc3cccc(-c4ccc(NCC(=O)O)cc4)n3)C2)C1. The van der Waals surface area contributed by atoms with Crippen molar-refractivity contribution >= 4 is 23.3 Å². The minimum atomic E-state index is -0.903. The predicted molar refractivity (Wildman–Crippen MR) is 156 cm³/mol. The third-order valence-electron chi connectivity index (χ3n) is 6.59. The molecule has 3 aromatic rings. The number of rotatable bonds is 10. The number of aromatic nitrogens is 1. The van der Waals surface area contributed by atoms with Crippen molar-refractivity contribution in [2.45, 2.75) is 25.9 Å². The van der Waals surface area contributed by atoms with Crippen LogP contribution in [0.4, 0.5) is 11.5 Å². The minimum absolute atomic E-state index is 0.0584. The van der Waals surface area contributed by atoms with Crippen molar-refractivity contribution in [3.8, 4) is 22.8 Å². The summed E-state index contributed by atoms with van der Waals surface area (Å²) in [6, 6.07) is 21.2. The number of anilines is 2. The molecule has 1 fully saturated rings. The van der Waals surface area contributed by atoms with E-state index in [1.807, 2.05) is 79.9 Å². The number of nitrogens with one attached hydrogen (secondary N) is 2. The molecule has 208 valence electrons. The normalized spacial score (nSPS) is 17.2. The van der Waals surface area contributed by atoms with Crippen LogP contribution in [-0.4, -0.2) is 70.8 Å². The van der Waals surface area contributed by atoms with Crippen molar-refractivity contribution in [1.29, 1.82) is 0 Å². The number of hydrogen-bond donors (Lipinski definition) is 3. The largest absolute Gasteiger partial charge is 0.490 e. The monoisotopic (exact) mass is 542 g/mol. The molecule has 40 heavy (non-hydrogen) atoms. The van der Waals surface area contributed by atoms with Crippen molar-refractivity contribution in [3.63, 3.8) is 0 Å². The van der Waals surface area contributed by atoms with Crippen LogP contribution in [0.3, 0.4) is 0 Å². The molecule has 0 bridgehead atoms. The second kappa shape index (κ2) is 13.0. The van der Waals surface area contributed by atoms with Gasteiger partial charge in [-0.1, -0.05) is 30.3 Å². The van der Waals surface area contributed by atoms with Gasteiger partial charge in [0.15, 0.2) is 11.5 Å². The number of carboxylic acids is 1. The second-order valence-corrected chi connectivity index (χ2v) is 9.50. The maximum atomic E-state index is 10.8. The Morgan fingerprint density at radius 3 is 2.70 bits per heavy atom. The Kier molecular flexibility index (Phi) is 8.77. The van der Waals surface area contributed by atoms with E-state index < -0.39 is 5.97 Å². The number of aliphatic carboxylic acids is 1. The molecule has 10 nitrogen and oxygen atoms in total. The van der Waals surface area contributed by atoms with Crippen LogP contribution < -0.4 is 20.1 Å². The summed E-state index contributed by atoms with van der Waals surface area (Å²) < 4.78 is 12.1. The van der Waals surface area contributed by atoms with Gasteiger partial charge in [-0.15, -0.1) is 0 Å². The third-order valence-corrected chi connectivity index (χ3v) is 6.59. The third kappa shape index (κ3) is 7.09. The summed E-state index contributed by atoms with van der Waals surface area (Å²) in [7, 11) is 0. The summed E-state index contributed by atoms with van der Waals surface area (Å²) in [6.45, 7) is 4.74. The van der Waals surface area contributed by atoms with Crippen molar-refractivity contribution in [2.75, 3.05) is 43.4 Å². The summed E-state index contributed by atoms with van der Waals surface area (Å²) in [5, 5.41) is 19.6. The average Bonchev–Trinajstić information content (AvgIpc) is 2.98. The molecule has 1 saturated heterocycles. The Bertz CT molecular complexity index is 1360. The van der Waals surface area contributed by atoms with E-state index >= 15 is 0 Å². The lowest BCUT2D eigenvalue weighted by atomic mass is 10.1. The number of para-hydroxylation sites is 2. The number of aliphatic imine (C=N–C) groups is 1. The zero-order valence-corrected chi connectivity index (χ0v) is 22.5. The highest BCUT2D eigenvalue weighted by atomic mass is 16.5. The summed E-state index contributed by atoms with van der Waals surface area (Å²) in [5.74, 6) is 2.16. The Morgan fingerprint density at radius 1 is 1.07 bits per heavy atom. The van der Waals surface area contributed by atoms with Gasteiger partial charge in [0.1, 0.15) is 24.3 Å². The topological polar surface area (TPSA) is 112 Å². The van der Waals surface area contributed by atoms with Crippen molar-refractivity contribution in [1.82, 2.24) is 15.0 Å². The van der Waals surface area contributed by atoms with Crippen LogP contribution in [0, 0.1) is 0 Å². The maximum absolute atomic E-state index is 10.8. The van der Waals surface area contributed by atoms with Gasteiger partial charge >= 0.3 is 5.97 Å². The minimum Gasteiger partial charge on any atom is -0.490 e. The molecule has 3 heterocycles. The van der Waals surface area contributed by atoms with Gasteiger partial charge in [0.05, 0.1) is 25.4 Å². The van der Waals surface area contributed by atoms with Gasteiger partial charge in [-0.05, 0) is 56.2 Å². The Labute approximate surface area is 233 Å². The highest BCUT2D eigenvalue weighted by molar-refractivity contribution is 5.97. The van der Waals surface area contributed by atoms with Crippen molar-refractivity contribution in [3.05, 3.63) is 79.1 Å². The van der Waals surface area contributed by atoms with Gasteiger partial charge in [-0.3, -0.25) is 4.79 Å². The number of carbonyl (C=O) groups is 1. The van der Waals surface area contributed by atoms with Gasteiger partial charge in [-0.2, -0.15) is 0 Å². The number of carboxylic acid groups (broad SMARTS) is 1. The van der Waals surface area contributed by atoms with E-state index in [1.165, 1.54) is 0 Å². The number of ether oxygens (including phenoxy) is 2. The number of piperidine rings is 1. The first-order chi connectivity index (χ1) is 19.6. The second-order valence-electron chi connectivity index (χ2n) is 9.50. The lowest BCUT2D eigenvalue weighted by Gasteiger charge is -2.40. The van der Waals surface area contributed by atoms with Crippen LogP contribution in [0.2, 0.25) is 0 Å². The molecule has 0 aliphatic carbocycles. The molecule has 0 spiro atoms. The van der Waals surface area contributed by atoms with Gasteiger partial charge in [0, 0.05) is 30.2 Å². The molecule has 0 saturated carbocycles. The lowest BCUT2D eigenvalue weighted by Crippen LogP contribution is -2.51. The first kappa shape index (κ1) is 27.0. The molecule has 2 aliphatic heterocycles. The summed E-state index contributed by atoms with van der Waals surface area (Å²) in [4.78, 5) is 20.1. The zero-order chi connectivity index (χ0) is 27.7. The highest BCUT2D eigenvalue weighted by Gasteiger charge is 2.26. The molecule has 3 N–H and O–H groups in total. The maximum Gasteiger partial charge on any atom is 0.322 e. The molecular formula is C30H34N6O4. The standard InChI is InChI=1S/C30H34N6O4/c1-2-39-26-9-3-4-10-27(26)40-24-7-6-17-35(20-24)36-18-16-31-29(21-36)34-28-11-5-8-25(33-28)22-12-14-23(15-13-22)32-19-30(37)38/h3-5,8-16,18,24,32H,2,6-7,17,19-21H2,1H3,(H,37,38)(H,31,33,34). The number of hydrazine groups is 1. The quantitative estimate of drug-likeness (QED) is 0.336. The first-order valence-electron chi connectivity index (χ1n) is 13.5. The van der Waals surface area contributed by atoms with Crippen LogP contribution in [0.25, 0.3) is 11.3 Å². The van der Waals surface area contributed by atoms with E-state index in [2.05, 4.69) is 25.6 Å². The Morgan fingerprint density at radius 2 is 1.90 bits per heavy atom. The lowest BCUT2D eigenvalue weighted by molar-refractivity contribution is -0.134. The summed E-state index contributed by atoms with van der Waals surface area (Å²) >= 11 is 0. The molecule has 10 heteroatoms. The van der Waals surface area contributed by atoms with Gasteiger partial charge in [-0.25, -0.2) is 15.0 Å². The van der Waals surface area contributed by atoms with E-state index in [0.717, 1.165) is 60.2 Å². The summed E-state index contributed by atoms with van der Waals surface area (Å²) in [5.41, 5.74) is 2.48. The van der Waals surface area contributed by atoms with Crippen LogP contribution in [0.5, 0.6) is 11.5 Å². The molecule has 0 radical (unpaired) electrons. The molecule has 2 aliphatic rings. The highest BCUT2D eigenvalue weighted by Crippen LogP contribution is 2.29. The average molecular weight is 543 g/mol. The Balaban J connectivity index is 1.18. The zero-order valence-electron chi connectivity index (χ0n) is 22.5. The number of hydrogen-bond acceptors (Lipinski definition) is 9. The van der Waals surface area contributed by atoms with E-state index in [0.29, 0.717) is 19.0 Å². The van der Waals surface area contributed by atoms with Gasteiger partial charge in [0.25, 0.3) is 0 Å². The molecule has 5 rings (SSSR count). The van der Waals surface area contributed by atoms with E-state index in [-0.39, 0.29) is 12.6 Å². The smallest absolute Gasteiger partial charge is 0.322 e. The number of benzene rings is 2.